The molecule has 2 aromatic rings. The molecule has 4 rings (SSSR count). The van der Waals surface area contributed by atoms with Crippen LogP contribution in [0.15, 0.2) is 24.3 Å². The highest BCUT2D eigenvalue weighted by molar-refractivity contribution is 5.74. The van der Waals surface area contributed by atoms with Gasteiger partial charge >= 0.3 is 6.03 Å². The number of rotatable bonds is 4. The Morgan fingerprint density at radius 1 is 1.10 bits per heavy atom. The number of hydrogen-bond acceptors (Lipinski definition) is 4. The number of anilines is 1. The Hall–Kier alpha value is -2.63. The fraction of sp³-hybridized carbons (Fsp3) is 0.522. The summed E-state index contributed by atoms with van der Waals surface area (Å²) in [7, 11) is 3.62. The third-order valence-corrected chi connectivity index (χ3v) is 5.85. The van der Waals surface area contributed by atoms with Crippen LogP contribution in [0.2, 0.25) is 0 Å². The minimum Gasteiger partial charge on any atom is -0.353 e. The summed E-state index contributed by atoms with van der Waals surface area (Å²) in [5.74, 6) is 2.59. The molecule has 0 spiro atoms. The van der Waals surface area contributed by atoms with Gasteiger partial charge in [0.15, 0.2) is 0 Å². The molecular formula is C23H31N5O. The summed E-state index contributed by atoms with van der Waals surface area (Å²) >= 11 is 0. The van der Waals surface area contributed by atoms with Crippen LogP contribution in [0.1, 0.15) is 47.0 Å². The number of nitrogens with zero attached hydrogens (tertiary/aromatic N) is 5. The average molecular weight is 394 g/mol. The average Bonchev–Trinajstić information content (AvgIpc) is 3.54. The number of benzene rings is 1. The van der Waals surface area contributed by atoms with E-state index in [0.29, 0.717) is 5.92 Å². The van der Waals surface area contributed by atoms with E-state index < -0.39 is 0 Å². The maximum absolute atomic E-state index is 12.3. The number of amides is 2. The van der Waals surface area contributed by atoms with E-state index in [4.69, 9.17) is 9.97 Å². The van der Waals surface area contributed by atoms with Gasteiger partial charge in [0, 0.05) is 63.9 Å². The van der Waals surface area contributed by atoms with Crippen molar-refractivity contribution < 1.29 is 4.79 Å². The van der Waals surface area contributed by atoms with Crippen molar-refractivity contribution in [1.29, 1.82) is 0 Å². The van der Waals surface area contributed by atoms with Gasteiger partial charge in [-0.05, 0) is 32.3 Å². The van der Waals surface area contributed by atoms with Crippen LogP contribution in [-0.4, -0.2) is 66.1 Å². The van der Waals surface area contributed by atoms with Crippen LogP contribution in [0.4, 0.5) is 10.6 Å². The summed E-state index contributed by atoms with van der Waals surface area (Å²) in [6, 6.07) is 8.75. The molecule has 1 aliphatic heterocycles. The summed E-state index contributed by atoms with van der Waals surface area (Å²) in [6.45, 7) is 7.31. The largest absolute Gasteiger partial charge is 0.353 e. The molecule has 2 heterocycles. The zero-order chi connectivity index (χ0) is 20.5. The second-order valence-electron chi connectivity index (χ2n) is 8.56. The monoisotopic (exact) mass is 393 g/mol. The Kier molecular flexibility index (Phi) is 5.43. The molecule has 6 heteroatoms. The number of hydrogen-bond donors (Lipinski definition) is 0. The lowest BCUT2D eigenvalue weighted by Crippen LogP contribution is -2.52. The number of aryl methyl sites for hydroxylation is 2. The highest BCUT2D eigenvalue weighted by Gasteiger charge is 2.30. The predicted molar refractivity (Wildman–Crippen MR) is 116 cm³/mol. The SMILES string of the molecule is Cc1cccc(Cc2c(C)nc(C3CC3)nc2N2CCN(C(=O)N(C)C)CC2)c1. The van der Waals surface area contributed by atoms with Crippen molar-refractivity contribution in [3.63, 3.8) is 0 Å². The predicted octanol–water partition coefficient (Wildman–Crippen LogP) is 3.37. The molecule has 1 aliphatic carbocycles. The Labute approximate surface area is 173 Å². The van der Waals surface area contributed by atoms with Gasteiger partial charge in [-0.1, -0.05) is 29.8 Å². The van der Waals surface area contributed by atoms with E-state index in [1.807, 2.05) is 19.0 Å². The lowest BCUT2D eigenvalue weighted by atomic mass is 10.0. The van der Waals surface area contributed by atoms with Crippen molar-refractivity contribution in [3.8, 4) is 0 Å². The molecule has 1 aromatic carbocycles. The van der Waals surface area contributed by atoms with Crippen LogP contribution in [0.25, 0.3) is 0 Å². The van der Waals surface area contributed by atoms with E-state index in [0.717, 1.165) is 49.9 Å². The summed E-state index contributed by atoms with van der Waals surface area (Å²) in [5.41, 5.74) is 4.86. The van der Waals surface area contributed by atoms with Gasteiger partial charge in [-0.25, -0.2) is 14.8 Å². The smallest absolute Gasteiger partial charge is 0.319 e. The van der Waals surface area contributed by atoms with Gasteiger partial charge in [-0.15, -0.1) is 0 Å². The highest BCUT2D eigenvalue weighted by Crippen LogP contribution is 2.39. The minimum atomic E-state index is 0.0853. The molecule has 1 aromatic heterocycles. The first-order valence-corrected chi connectivity index (χ1v) is 10.6. The van der Waals surface area contributed by atoms with Crippen molar-refractivity contribution in [2.24, 2.45) is 0 Å². The van der Waals surface area contributed by atoms with Crippen LogP contribution < -0.4 is 4.90 Å². The summed E-state index contributed by atoms with van der Waals surface area (Å²) < 4.78 is 0. The molecule has 2 aliphatic rings. The fourth-order valence-electron chi connectivity index (χ4n) is 4.01. The van der Waals surface area contributed by atoms with Gasteiger partial charge < -0.3 is 14.7 Å². The topological polar surface area (TPSA) is 52.6 Å². The van der Waals surface area contributed by atoms with Gasteiger partial charge in [-0.2, -0.15) is 0 Å². The Bertz CT molecular complexity index is 898. The third kappa shape index (κ3) is 4.36. The van der Waals surface area contributed by atoms with Gasteiger partial charge in [0.1, 0.15) is 11.6 Å². The number of carbonyl (C=O) groups excluding carboxylic acids is 1. The van der Waals surface area contributed by atoms with E-state index in [2.05, 4.69) is 43.0 Å². The lowest BCUT2D eigenvalue weighted by molar-refractivity contribution is 0.168. The number of carbonyl (C=O) groups is 1. The van der Waals surface area contributed by atoms with Crippen molar-refractivity contribution >= 4 is 11.8 Å². The number of piperazine rings is 1. The maximum atomic E-state index is 12.3. The van der Waals surface area contributed by atoms with Crippen LogP contribution in [-0.2, 0) is 6.42 Å². The van der Waals surface area contributed by atoms with Gasteiger partial charge in [0.05, 0.1) is 0 Å². The molecule has 6 nitrogen and oxygen atoms in total. The van der Waals surface area contributed by atoms with Crippen LogP contribution in [0, 0.1) is 13.8 Å². The molecule has 154 valence electrons. The number of urea groups is 1. The van der Waals surface area contributed by atoms with Crippen molar-refractivity contribution in [2.45, 2.75) is 39.0 Å². The second kappa shape index (κ2) is 8.01. The highest BCUT2D eigenvalue weighted by atomic mass is 16.2. The molecular weight excluding hydrogens is 362 g/mol. The first kappa shape index (κ1) is 19.7. The van der Waals surface area contributed by atoms with E-state index in [1.54, 1.807) is 4.90 Å². The van der Waals surface area contributed by atoms with Crippen molar-refractivity contribution in [3.05, 3.63) is 52.5 Å². The Morgan fingerprint density at radius 3 is 2.45 bits per heavy atom. The fourth-order valence-corrected chi connectivity index (χ4v) is 4.01. The van der Waals surface area contributed by atoms with Gasteiger partial charge in [0.25, 0.3) is 0 Å². The van der Waals surface area contributed by atoms with E-state index in [1.165, 1.54) is 29.5 Å². The van der Waals surface area contributed by atoms with E-state index in [-0.39, 0.29) is 6.03 Å². The molecule has 0 atom stereocenters. The molecule has 2 amide bonds. The summed E-state index contributed by atoms with van der Waals surface area (Å²) in [6.07, 6.45) is 3.23. The van der Waals surface area contributed by atoms with Crippen LogP contribution in [0.5, 0.6) is 0 Å². The molecule has 0 N–H and O–H groups in total. The van der Waals surface area contributed by atoms with E-state index in [9.17, 15) is 4.79 Å². The Balaban J connectivity index is 1.61. The minimum absolute atomic E-state index is 0.0853. The van der Waals surface area contributed by atoms with Crippen molar-refractivity contribution in [2.75, 3.05) is 45.2 Å². The van der Waals surface area contributed by atoms with Crippen LogP contribution >= 0.6 is 0 Å². The first-order chi connectivity index (χ1) is 13.9. The van der Waals surface area contributed by atoms with Crippen molar-refractivity contribution in [1.82, 2.24) is 19.8 Å². The second-order valence-corrected chi connectivity index (χ2v) is 8.56. The van der Waals surface area contributed by atoms with E-state index >= 15 is 0 Å². The van der Waals surface area contributed by atoms with Gasteiger partial charge in [-0.3, -0.25) is 0 Å². The quantitative estimate of drug-likeness (QED) is 0.799. The zero-order valence-electron chi connectivity index (χ0n) is 18.0. The lowest BCUT2D eigenvalue weighted by Gasteiger charge is -2.37. The molecule has 2 fully saturated rings. The number of aromatic nitrogens is 2. The Morgan fingerprint density at radius 2 is 1.83 bits per heavy atom. The summed E-state index contributed by atoms with van der Waals surface area (Å²) in [5, 5.41) is 0. The molecule has 0 bridgehead atoms. The molecule has 29 heavy (non-hydrogen) atoms. The molecule has 0 unspecified atom stereocenters. The molecule has 1 saturated carbocycles. The van der Waals surface area contributed by atoms with Crippen LogP contribution in [0.3, 0.4) is 0 Å². The molecule has 1 saturated heterocycles. The molecule has 0 radical (unpaired) electrons. The summed E-state index contributed by atoms with van der Waals surface area (Å²) in [4.78, 5) is 28.1. The third-order valence-electron chi connectivity index (χ3n) is 5.85. The standard InChI is InChI=1S/C23H31N5O/c1-16-6-5-7-18(14-16)15-20-17(2)24-21(19-8-9-19)25-22(20)27-10-12-28(13-11-27)23(29)26(3)4/h5-7,14,19H,8-13,15H2,1-4H3. The zero-order valence-corrected chi connectivity index (χ0v) is 18.0. The normalized spacial score (nSPS) is 16.8. The first-order valence-electron chi connectivity index (χ1n) is 10.6. The van der Waals surface area contributed by atoms with Gasteiger partial charge in [0.2, 0.25) is 0 Å². The maximum Gasteiger partial charge on any atom is 0.319 e.